The van der Waals surface area contributed by atoms with Gasteiger partial charge < -0.3 is 14.8 Å². The van der Waals surface area contributed by atoms with Gasteiger partial charge in [-0.3, -0.25) is 19.4 Å². The third-order valence-electron chi connectivity index (χ3n) is 8.58. The summed E-state index contributed by atoms with van der Waals surface area (Å²) in [5.41, 5.74) is 4.80. The van der Waals surface area contributed by atoms with Gasteiger partial charge in [0.1, 0.15) is 6.04 Å². The fourth-order valence-electron chi connectivity index (χ4n) is 6.62. The highest BCUT2D eigenvalue weighted by molar-refractivity contribution is 5.95. The first-order chi connectivity index (χ1) is 17.5. The Hall–Kier alpha value is -3.16. The molecule has 7 nitrogen and oxygen atoms in total. The van der Waals surface area contributed by atoms with Crippen LogP contribution in [0.3, 0.4) is 0 Å². The number of likely N-dealkylation sites (tertiary alicyclic amines) is 1. The van der Waals surface area contributed by atoms with Gasteiger partial charge in [0.2, 0.25) is 11.8 Å². The second-order valence-corrected chi connectivity index (χ2v) is 10.6. The number of fused-ring (bicyclic) bond motifs is 3. The van der Waals surface area contributed by atoms with E-state index in [-0.39, 0.29) is 29.9 Å². The molecule has 0 spiro atoms. The van der Waals surface area contributed by atoms with Crippen LogP contribution in [0.5, 0.6) is 0 Å². The molecule has 1 N–H and O–H groups in total. The van der Waals surface area contributed by atoms with Crippen LogP contribution < -0.4 is 10.2 Å². The Balaban J connectivity index is 1.13. The van der Waals surface area contributed by atoms with Crippen LogP contribution in [-0.2, 0) is 29.6 Å². The van der Waals surface area contributed by atoms with E-state index in [1.807, 2.05) is 23.1 Å². The molecule has 2 aromatic carbocycles. The summed E-state index contributed by atoms with van der Waals surface area (Å²) in [5, 5.41) is 4.47. The minimum atomic E-state index is -0.167. The summed E-state index contributed by atoms with van der Waals surface area (Å²) >= 11 is 0. The molecule has 36 heavy (non-hydrogen) atoms. The summed E-state index contributed by atoms with van der Waals surface area (Å²) in [7, 11) is 4.22. The first-order valence-corrected chi connectivity index (χ1v) is 13.2. The number of para-hydroxylation sites is 2. The first-order valence-electron chi connectivity index (χ1n) is 13.2. The SMILES string of the molecule is CN1[C@@H](CCC(=O)N2CCc3ccccc32)CNC(=O)[C@@H]2[C@H]1CCN2Cc1cn(C)c2ccccc12. The summed E-state index contributed by atoms with van der Waals surface area (Å²) < 4.78 is 2.17. The van der Waals surface area contributed by atoms with Crippen LogP contribution in [0.15, 0.2) is 54.7 Å². The molecule has 7 heteroatoms. The zero-order valence-electron chi connectivity index (χ0n) is 21.2. The molecule has 0 saturated carbocycles. The summed E-state index contributed by atoms with van der Waals surface area (Å²) in [6.45, 7) is 3.02. The van der Waals surface area contributed by atoms with Crippen molar-refractivity contribution in [1.29, 1.82) is 0 Å². The summed E-state index contributed by atoms with van der Waals surface area (Å²) in [4.78, 5) is 33.0. The molecule has 2 fully saturated rings. The average Bonchev–Trinajstić information content (AvgIpc) is 3.57. The Morgan fingerprint density at radius 2 is 1.86 bits per heavy atom. The summed E-state index contributed by atoms with van der Waals surface area (Å²) in [6.07, 6.45) is 5.33. The van der Waals surface area contributed by atoms with Gasteiger partial charge in [0.25, 0.3) is 0 Å². The van der Waals surface area contributed by atoms with Crippen LogP contribution in [-0.4, -0.2) is 71.0 Å². The van der Waals surface area contributed by atoms with Crippen LogP contribution in [0.2, 0.25) is 0 Å². The number of aromatic nitrogens is 1. The van der Waals surface area contributed by atoms with Crippen molar-refractivity contribution in [3.63, 3.8) is 0 Å². The van der Waals surface area contributed by atoms with E-state index >= 15 is 0 Å². The molecule has 0 radical (unpaired) electrons. The van der Waals surface area contributed by atoms with E-state index in [4.69, 9.17) is 0 Å². The lowest BCUT2D eigenvalue weighted by Crippen LogP contribution is -2.49. The lowest BCUT2D eigenvalue weighted by molar-refractivity contribution is -0.126. The minimum Gasteiger partial charge on any atom is -0.353 e. The summed E-state index contributed by atoms with van der Waals surface area (Å²) in [5.74, 6) is 0.302. The monoisotopic (exact) mass is 485 g/mol. The van der Waals surface area contributed by atoms with E-state index in [0.29, 0.717) is 13.0 Å². The van der Waals surface area contributed by atoms with Crippen molar-refractivity contribution >= 4 is 28.4 Å². The maximum absolute atomic E-state index is 13.3. The van der Waals surface area contributed by atoms with Gasteiger partial charge in [0.05, 0.1) is 0 Å². The van der Waals surface area contributed by atoms with Crippen molar-refractivity contribution in [3.05, 3.63) is 65.9 Å². The van der Waals surface area contributed by atoms with Crippen LogP contribution >= 0.6 is 0 Å². The van der Waals surface area contributed by atoms with Gasteiger partial charge in [-0.2, -0.15) is 0 Å². The molecule has 4 heterocycles. The highest BCUT2D eigenvalue weighted by Crippen LogP contribution is 2.32. The standard InChI is InChI=1S/C29H35N5O2/c1-31-18-21(23-8-4-6-10-25(23)31)19-33-15-14-26-28(33)29(36)30-17-22(32(26)2)11-12-27(35)34-16-13-20-7-3-5-9-24(20)34/h3-10,18,22,26,28H,11-17,19H2,1-2H3,(H,30,36)/t22-,26+,28-/m0/s1. The number of anilines is 1. The number of aryl methyl sites for hydroxylation is 1. The Morgan fingerprint density at radius 1 is 1.06 bits per heavy atom. The molecule has 2 saturated heterocycles. The topological polar surface area (TPSA) is 60.8 Å². The van der Waals surface area contributed by atoms with Crippen molar-refractivity contribution in [2.24, 2.45) is 7.05 Å². The number of benzene rings is 2. The normalized spacial score (nSPS) is 24.6. The largest absolute Gasteiger partial charge is 0.353 e. The van der Waals surface area contributed by atoms with E-state index in [1.54, 1.807) is 0 Å². The van der Waals surface area contributed by atoms with E-state index in [9.17, 15) is 9.59 Å². The predicted molar refractivity (Wildman–Crippen MR) is 142 cm³/mol. The van der Waals surface area contributed by atoms with Crippen molar-refractivity contribution in [1.82, 2.24) is 19.7 Å². The van der Waals surface area contributed by atoms with E-state index in [0.717, 1.165) is 44.6 Å². The molecule has 6 rings (SSSR count). The molecule has 0 aliphatic carbocycles. The van der Waals surface area contributed by atoms with Crippen LogP contribution in [0, 0.1) is 0 Å². The quantitative estimate of drug-likeness (QED) is 0.604. The number of rotatable bonds is 5. The summed E-state index contributed by atoms with van der Waals surface area (Å²) in [6, 6.07) is 16.8. The van der Waals surface area contributed by atoms with Crippen molar-refractivity contribution in [2.45, 2.75) is 50.4 Å². The number of hydrogen-bond acceptors (Lipinski definition) is 4. The Bertz CT molecular complexity index is 1300. The van der Waals surface area contributed by atoms with Crippen molar-refractivity contribution < 1.29 is 9.59 Å². The molecule has 1 aromatic heterocycles. The fourth-order valence-corrected chi connectivity index (χ4v) is 6.62. The zero-order chi connectivity index (χ0) is 24.8. The van der Waals surface area contributed by atoms with Gasteiger partial charge in [-0.1, -0.05) is 36.4 Å². The number of nitrogens with zero attached hydrogens (tertiary/aromatic N) is 4. The number of nitrogens with one attached hydrogen (secondary N) is 1. The molecule has 3 atom stereocenters. The predicted octanol–water partition coefficient (Wildman–Crippen LogP) is 2.92. The Morgan fingerprint density at radius 3 is 2.75 bits per heavy atom. The number of amides is 2. The van der Waals surface area contributed by atoms with Crippen molar-refractivity contribution in [3.8, 4) is 0 Å². The highest BCUT2D eigenvalue weighted by Gasteiger charge is 2.45. The van der Waals surface area contributed by atoms with Gasteiger partial charge >= 0.3 is 0 Å². The third kappa shape index (κ3) is 4.00. The van der Waals surface area contributed by atoms with Gasteiger partial charge in [0.15, 0.2) is 0 Å². The minimum absolute atomic E-state index is 0.117. The average molecular weight is 486 g/mol. The number of hydrogen-bond donors (Lipinski definition) is 1. The smallest absolute Gasteiger partial charge is 0.239 e. The van der Waals surface area contributed by atoms with Gasteiger partial charge in [-0.05, 0) is 49.6 Å². The van der Waals surface area contributed by atoms with Crippen LogP contribution in [0.25, 0.3) is 10.9 Å². The molecule has 0 unspecified atom stereocenters. The zero-order valence-corrected chi connectivity index (χ0v) is 21.2. The number of carbonyl (C=O) groups is 2. The molecular formula is C29H35N5O2. The van der Waals surface area contributed by atoms with E-state index < -0.39 is 0 Å². The number of carbonyl (C=O) groups excluding carboxylic acids is 2. The molecule has 188 valence electrons. The second-order valence-electron chi connectivity index (χ2n) is 10.6. The lowest BCUT2D eigenvalue weighted by Gasteiger charge is -2.33. The Kier molecular flexibility index (Phi) is 6.05. The van der Waals surface area contributed by atoms with Gasteiger partial charge in [0, 0.05) is 74.5 Å². The second kappa shape index (κ2) is 9.37. The molecule has 3 aliphatic heterocycles. The molecule has 0 bridgehead atoms. The lowest BCUT2D eigenvalue weighted by atomic mass is 10.0. The van der Waals surface area contributed by atoms with E-state index in [1.165, 1.54) is 22.0 Å². The van der Waals surface area contributed by atoms with Crippen LogP contribution in [0.4, 0.5) is 5.69 Å². The van der Waals surface area contributed by atoms with Gasteiger partial charge in [-0.25, -0.2) is 0 Å². The maximum atomic E-state index is 13.3. The maximum Gasteiger partial charge on any atom is 0.239 e. The Labute approximate surface area is 212 Å². The fraction of sp³-hybridized carbons (Fsp3) is 0.448. The molecular weight excluding hydrogens is 450 g/mol. The molecule has 2 amide bonds. The number of likely N-dealkylation sites (N-methyl/N-ethyl adjacent to an activating group) is 1. The van der Waals surface area contributed by atoms with Crippen LogP contribution in [0.1, 0.15) is 30.4 Å². The third-order valence-corrected chi connectivity index (χ3v) is 8.58. The molecule has 3 aliphatic rings. The van der Waals surface area contributed by atoms with Gasteiger partial charge in [-0.15, -0.1) is 0 Å². The molecule has 3 aromatic rings. The van der Waals surface area contributed by atoms with E-state index in [2.05, 4.69) is 70.3 Å². The highest BCUT2D eigenvalue weighted by atomic mass is 16.2. The first kappa shape index (κ1) is 23.3. The van der Waals surface area contributed by atoms with Crippen molar-refractivity contribution in [2.75, 3.05) is 31.6 Å².